The van der Waals surface area contributed by atoms with E-state index in [9.17, 15) is 0 Å². The van der Waals surface area contributed by atoms with Crippen LogP contribution in [0.5, 0.6) is 0 Å². The van der Waals surface area contributed by atoms with Crippen LogP contribution < -0.4 is 0 Å². The molecule has 0 aromatic carbocycles. The third-order valence-corrected chi connectivity index (χ3v) is 4.48. The summed E-state index contributed by atoms with van der Waals surface area (Å²) in [5, 5.41) is 0.635. The minimum Gasteiger partial charge on any atom is -0.312 e. The van der Waals surface area contributed by atoms with Crippen molar-refractivity contribution < 1.29 is 0 Å². The Morgan fingerprint density at radius 1 is 1.50 bits per heavy atom. The Kier molecular flexibility index (Phi) is 4.51. The summed E-state index contributed by atoms with van der Waals surface area (Å²) in [7, 11) is 0. The van der Waals surface area contributed by atoms with Gasteiger partial charge in [0.15, 0.2) is 5.65 Å². The standard InChI is InChI=1S/C13H18ClN3S/c1-9-4-6-15-13-12(9)16-11(8-14)17(13)7-5-10(2)18-3/h4,6,10H,5,7-8H2,1-3H3. The molecule has 18 heavy (non-hydrogen) atoms. The van der Waals surface area contributed by atoms with Crippen LogP contribution in [0.25, 0.3) is 11.2 Å². The summed E-state index contributed by atoms with van der Waals surface area (Å²) < 4.78 is 2.15. The highest BCUT2D eigenvalue weighted by atomic mass is 35.5. The third-order valence-electron chi connectivity index (χ3n) is 3.20. The van der Waals surface area contributed by atoms with Crippen molar-refractivity contribution in [2.75, 3.05) is 6.26 Å². The number of aryl methyl sites for hydroxylation is 2. The average molecular weight is 284 g/mol. The number of fused-ring (bicyclic) bond motifs is 1. The highest BCUT2D eigenvalue weighted by Crippen LogP contribution is 2.20. The molecule has 0 N–H and O–H groups in total. The van der Waals surface area contributed by atoms with Gasteiger partial charge in [-0.3, -0.25) is 0 Å². The molecule has 3 nitrogen and oxygen atoms in total. The number of rotatable bonds is 5. The molecule has 0 radical (unpaired) electrons. The second-order valence-electron chi connectivity index (χ2n) is 4.45. The number of halogens is 1. The molecular formula is C13H18ClN3S. The van der Waals surface area contributed by atoms with Crippen LogP contribution in [0.2, 0.25) is 0 Å². The number of pyridine rings is 1. The van der Waals surface area contributed by atoms with Gasteiger partial charge >= 0.3 is 0 Å². The molecule has 0 aliphatic rings. The third kappa shape index (κ3) is 2.64. The lowest BCUT2D eigenvalue weighted by Gasteiger charge is -2.10. The number of hydrogen-bond acceptors (Lipinski definition) is 3. The number of nitrogens with zero attached hydrogens (tertiary/aromatic N) is 3. The molecule has 2 rings (SSSR count). The number of imidazole rings is 1. The van der Waals surface area contributed by atoms with E-state index in [-0.39, 0.29) is 0 Å². The van der Waals surface area contributed by atoms with Gasteiger partial charge in [0.2, 0.25) is 0 Å². The first kappa shape index (κ1) is 13.7. The lowest BCUT2D eigenvalue weighted by atomic mass is 10.3. The van der Waals surface area contributed by atoms with E-state index in [0.717, 1.165) is 35.5 Å². The zero-order valence-corrected chi connectivity index (χ0v) is 12.6. The van der Waals surface area contributed by atoms with Gasteiger partial charge in [-0.25, -0.2) is 9.97 Å². The molecule has 0 saturated heterocycles. The smallest absolute Gasteiger partial charge is 0.160 e. The monoisotopic (exact) mass is 283 g/mol. The fourth-order valence-electron chi connectivity index (χ4n) is 1.95. The molecule has 0 spiro atoms. The van der Waals surface area contributed by atoms with Crippen molar-refractivity contribution in [3.63, 3.8) is 0 Å². The van der Waals surface area contributed by atoms with Crippen LogP contribution in [-0.2, 0) is 12.4 Å². The molecule has 0 aliphatic heterocycles. The first-order chi connectivity index (χ1) is 8.67. The van der Waals surface area contributed by atoms with Crippen LogP contribution >= 0.6 is 23.4 Å². The molecule has 2 heterocycles. The Morgan fingerprint density at radius 3 is 2.94 bits per heavy atom. The minimum atomic E-state index is 0.434. The Morgan fingerprint density at radius 2 is 2.28 bits per heavy atom. The normalized spacial score (nSPS) is 13.1. The van der Waals surface area contributed by atoms with Gasteiger partial charge in [-0.05, 0) is 31.2 Å². The topological polar surface area (TPSA) is 30.7 Å². The SMILES string of the molecule is CSC(C)CCn1c(CCl)nc2c(C)ccnc21. The number of thioether (sulfide) groups is 1. The van der Waals surface area contributed by atoms with Gasteiger partial charge in [-0.1, -0.05) is 6.92 Å². The number of hydrogen-bond donors (Lipinski definition) is 0. The van der Waals surface area contributed by atoms with Crippen LogP contribution in [0.3, 0.4) is 0 Å². The second-order valence-corrected chi connectivity index (χ2v) is 5.99. The Bertz CT molecular complexity index is 538. The summed E-state index contributed by atoms with van der Waals surface area (Å²) >= 11 is 7.87. The Balaban J connectivity index is 2.38. The molecule has 5 heteroatoms. The summed E-state index contributed by atoms with van der Waals surface area (Å²) in [4.78, 5) is 9.05. The molecule has 1 atom stereocenters. The molecule has 0 amide bonds. The Hall–Kier alpha value is -0.740. The maximum Gasteiger partial charge on any atom is 0.160 e. The van der Waals surface area contributed by atoms with E-state index in [1.165, 1.54) is 0 Å². The van der Waals surface area contributed by atoms with Crippen molar-refractivity contribution in [3.05, 3.63) is 23.7 Å². The van der Waals surface area contributed by atoms with Gasteiger partial charge in [0.25, 0.3) is 0 Å². The van der Waals surface area contributed by atoms with E-state index in [0.29, 0.717) is 11.1 Å². The molecule has 98 valence electrons. The number of alkyl halides is 1. The molecule has 1 unspecified atom stereocenters. The molecule has 2 aromatic heterocycles. The van der Waals surface area contributed by atoms with Crippen LogP contribution in [0.1, 0.15) is 24.7 Å². The highest BCUT2D eigenvalue weighted by Gasteiger charge is 2.13. The zero-order valence-electron chi connectivity index (χ0n) is 11.0. The van der Waals surface area contributed by atoms with Crippen LogP contribution in [0, 0.1) is 6.92 Å². The number of aromatic nitrogens is 3. The van der Waals surface area contributed by atoms with Crippen molar-refractivity contribution in [1.29, 1.82) is 0 Å². The highest BCUT2D eigenvalue weighted by molar-refractivity contribution is 7.99. The van der Waals surface area contributed by atoms with E-state index in [2.05, 4.69) is 34.6 Å². The lowest BCUT2D eigenvalue weighted by Crippen LogP contribution is -2.08. The fraction of sp³-hybridized carbons (Fsp3) is 0.538. The first-order valence-electron chi connectivity index (χ1n) is 6.06. The molecule has 0 saturated carbocycles. The van der Waals surface area contributed by atoms with Gasteiger partial charge in [0.05, 0.1) is 5.88 Å². The molecule has 0 bridgehead atoms. The summed E-state index contributed by atoms with van der Waals surface area (Å²) in [5.41, 5.74) is 3.09. The van der Waals surface area contributed by atoms with Crippen LogP contribution in [0.4, 0.5) is 0 Å². The summed E-state index contributed by atoms with van der Waals surface area (Å²) in [6.07, 6.45) is 5.08. The van der Waals surface area contributed by atoms with E-state index in [1.54, 1.807) is 0 Å². The van der Waals surface area contributed by atoms with Crippen molar-refractivity contribution in [3.8, 4) is 0 Å². The van der Waals surface area contributed by atoms with Crippen LogP contribution in [-0.4, -0.2) is 26.0 Å². The predicted molar refractivity (Wildman–Crippen MR) is 79.4 cm³/mol. The molecular weight excluding hydrogens is 266 g/mol. The Labute approximate surface area is 117 Å². The molecule has 0 aliphatic carbocycles. The molecule has 0 fully saturated rings. The maximum absolute atomic E-state index is 5.99. The maximum atomic E-state index is 5.99. The average Bonchev–Trinajstić information content (AvgIpc) is 2.75. The lowest BCUT2D eigenvalue weighted by molar-refractivity contribution is 0.632. The zero-order chi connectivity index (χ0) is 13.1. The summed E-state index contributed by atoms with van der Waals surface area (Å²) in [5.74, 6) is 1.35. The summed E-state index contributed by atoms with van der Waals surface area (Å²) in [6, 6.07) is 1.99. The van der Waals surface area contributed by atoms with Crippen LogP contribution in [0.15, 0.2) is 12.3 Å². The summed E-state index contributed by atoms with van der Waals surface area (Å²) in [6.45, 7) is 5.23. The van der Waals surface area contributed by atoms with Crippen molar-refractivity contribution in [2.45, 2.75) is 37.9 Å². The second kappa shape index (κ2) is 5.93. The van der Waals surface area contributed by atoms with Gasteiger partial charge < -0.3 is 4.57 Å². The van der Waals surface area contributed by atoms with Gasteiger partial charge in [0, 0.05) is 18.0 Å². The first-order valence-corrected chi connectivity index (χ1v) is 7.89. The van der Waals surface area contributed by atoms with E-state index >= 15 is 0 Å². The van der Waals surface area contributed by atoms with Crippen molar-refractivity contribution in [2.24, 2.45) is 0 Å². The predicted octanol–water partition coefficient (Wildman–Crippen LogP) is 3.62. The minimum absolute atomic E-state index is 0.434. The van der Waals surface area contributed by atoms with E-state index in [4.69, 9.17) is 11.6 Å². The van der Waals surface area contributed by atoms with Crippen molar-refractivity contribution >= 4 is 34.5 Å². The quantitative estimate of drug-likeness (QED) is 0.785. The van der Waals surface area contributed by atoms with E-state index in [1.807, 2.05) is 24.0 Å². The van der Waals surface area contributed by atoms with E-state index < -0.39 is 0 Å². The van der Waals surface area contributed by atoms with Gasteiger partial charge in [-0.2, -0.15) is 11.8 Å². The largest absolute Gasteiger partial charge is 0.312 e. The fourth-order valence-corrected chi connectivity index (χ4v) is 2.49. The molecule has 2 aromatic rings. The van der Waals surface area contributed by atoms with Crippen molar-refractivity contribution in [1.82, 2.24) is 14.5 Å². The van der Waals surface area contributed by atoms with Gasteiger partial charge in [0.1, 0.15) is 11.3 Å². The van der Waals surface area contributed by atoms with Gasteiger partial charge in [-0.15, -0.1) is 11.6 Å².